The molecule has 3 aromatic rings. The Bertz CT molecular complexity index is 1200. The fraction of sp³-hybridized carbons (Fsp3) is 0.462. The lowest BCUT2D eigenvalue weighted by Crippen LogP contribution is -2.67. The summed E-state index contributed by atoms with van der Waals surface area (Å²) in [6.07, 6.45) is 6.49. The Labute approximate surface area is 205 Å². The highest BCUT2D eigenvalue weighted by Crippen LogP contribution is 2.48. The Morgan fingerprint density at radius 3 is 2.37 bits per heavy atom. The van der Waals surface area contributed by atoms with Gasteiger partial charge in [-0.1, -0.05) is 6.07 Å². The summed E-state index contributed by atoms with van der Waals surface area (Å²) in [6, 6.07) is 11.3. The lowest BCUT2D eigenvalue weighted by atomic mass is 9.68. The molecule has 2 bridgehead atoms. The lowest BCUT2D eigenvalue weighted by molar-refractivity contribution is -0.273. The van der Waals surface area contributed by atoms with Crippen molar-refractivity contribution in [1.29, 1.82) is 0 Å². The highest BCUT2D eigenvalue weighted by molar-refractivity contribution is 5.74. The summed E-state index contributed by atoms with van der Waals surface area (Å²) in [7, 11) is 3.59. The van der Waals surface area contributed by atoms with Crippen LogP contribution in [0.1, 0.15) is 46.0 Å². The van der Waals surface area contributed by atoms with Crippen molar-refractivity contribution in [2.45, 2.75) is 63.1 Å². The van der Waals surface area contributed by atoms with Crippen molar-refractivity contribution in [1.82, 2.24) is 25.5 Å². The number of phenols is 1. The monoisotopic (exact) mass is 476 g/mol. The molecule has 2 N–H and O–H groups in total. The van der Waals surface area contributed by atoms with E-state index in [1.54, 1.807) is 23.4 Å². The number of rotatable bonds is 5. The van der Waals surface area contributed by atoms with Crippen LogP contribution < -0.4 is 9.64 Å². The molecule has 0 saturated carbocycles. The maximum atomic E-state index is 10.8. The van der Waals surface area contributed by atoms with Gasteiger partial charge in [-0.3, -0.25) is 0 Å². The first-order valence-electron chi connectivity index (χ1n) is 12.0. The summed E-state index contributed by atoms with van der Waals surface area (Å²) < 4.78 is 5.14. The molecule has 9 heteroatoms. The average Bonchev–Trinajstić information content (AvgIpc) is 2.86. The van der Waals surface area contributed by atoms with Gasteiger partial charge < -0.3 is 20.0 Å². The minimum absolute atomic E-state index is 0.109. The van der Waals surface area contributed by atoms with Crippen LogP contribution in [-0.2, 0) is 0 Å². The number of aromatic hydroxyl groups is 1. The number of aromatic nitrogens is 4. The number of hydrogen-bond acceptors (Lipinski definition) is 9. The van der Waals surface area contributed by atoms with Gasteiger partial charge in [-0.15, -0.1) is 15.3 Å². The predicted molar refractivity (Wildman–Crippen MR) is 132 cm³/mol. The first-order chi connectivity index (χ1) is 16.7. The molecule has 2 fully saturated rings. The molecule has 2 aliphatic heterocycles. The van der Waals surface area contributed by atoms with E-state index in [1.165, 1.54) is 7.11 Å². The standard InChI is InChI=1S/C26H32N6O3/c1-25-10-5-11-26(2,32(25)34)15-19(14-25)31(3)23-9-8-21(28-29-23)20-7-6-17(12-22(20)33)18-13-24(35-4)30-27-16-18/h6-9,12-13,16,19,33-34H,5,10-11,14-15H2,1-4H3/t19?,25-,26+. The Hall–Kier alpha value is -3.30. The van der Waals surface area contributed by atoms with E-state index in [0.29, 0.717) is 17.1 Å². The molecular weight excluding hydrogens is 444 g/mol. The number of phenolic OH excluding ortho intramolecular Hbond substituents is 1. The van der Waals surface area contributed by atoms with Crippen molar-refractivity contribution < 1.29 is 15.1 Å². The maximum absolute atomic E-state index is 10.8. The molecule has 0 spiro atoms. The number of hydroxylamine groups is 2. The van der Waals surface area contributed by atoms with Crippen LogP contribution >= 0.6 is 0 Å². The Balaban J connectivity index is 1.35. The molecule has 1 aromatic carbocycles. The third kappa shape index (κ3) is 4.19. The highest BCUT2D eigenvalue weighted by atomic mass is 16.5. The quantitative estimate of drug-likeness (QED) is 0.557. The fourth-order valence-corrected chi connectivity index (χ4v) is 5.83. The van der Waals surface area contributed by atoms with Crippen LogP contribution in [0.2, 0.25) is 0 Å². The van der Waals surface area contributed by atoms with Gasteiger partial charge in [0.15, 0.2) is 5.82 Å². The predicted octanol–water partition coefficient (Wildman–Crippen LogP) is 4.31. The molecule has 35 heavy (non-hydrogen) atoms. The van der Waals surface area contributed by atoms with Crippen molar-refractivity contribution in [2.24, 2.45) is 0 Å². The SMILES string of the molecule is COc1cc(-c2ccc(-c3ccc(N(C)C4C[C@]5(C)CCC[C@](C)(C4)N5O)nn3)c(O)c2)cnn1. The van der Waals surface area contributed by atoms with Gasteiger partial charge in [-0.2, -0.15) is 10.2 Å². The second-order valence-electron chi connectivity index (χ2n) is 10.3. The second-order valence-corrected chi connectivity index (χ2v) is 10.3. The van der Waals surface area contributed by atoms with Crippen molar-refractivity contribution >= 4 is 5.82 Å². The van der Waals surface area contributed by atoms with E-state index < -0.39 is 0 Å². The molecule has 0 amide bonds. The first kappa shape index (κ1) is 23.4. The van der Waals surface area contributed by atoms with E-state index in [1.807, 2.05) is 31.3 Å². The molecule has 0 radical (unpaired) electrons. The number of methoxy groups -OCH3 is 1. The number of hydrogen-bond donors (Lipinski definition) is 2. The Morgan fingerprint density at radius 2 is 1.74 bits per heavy atom. The third-order valence-corrected chi connectivity index (χ3v) is 7.81. The van der Waals surface area contributed by atoms with Crippen LogP contribution in [0, 0.1) is 0 Å². The number of ether oxygens (including phenoxy) is 1. The minimum Gasteiger partial charge on any atom is -0.507 e. The van der Waals surface area contributed by atoms with Crippen LogP contribution in [0.25, 0.3) is 22.4 Å². The highest BCUT2D eigenvalue weighted by Gasteiger charge is 2.53. The van der Waals surface area contributed by atoms with Crippen molar-refractivity contribution in [3.63, 3.8) is 0 Å². The summed E-state index contributed by atoms with van der Waals surface area (Å²) in [5.41, 5.74) is 2.35. The van der Waals surface area contributed by atoms with Crippen LogP contribution in [0.15, 0.2) is 42.6 Å². The topological polar surface area (TPSA) is 108 Å². The molecule has 5 rings (SSSR count). The number of nitrogens with zero attached hydrogens (tertiary/aromatic N) is 6. The van der Waals surface area contributed by atoms with Crippen molar-refractivity contribution in [2.75, 3.05) is 19.1 Å². The summed E-state index contributed by atoms with van der Waals surface area (Å²) in [6.45, 7) is 4.31. The number of benzene rings is 1. The zero-order valence-electron chi connectivity index (χ0n) is 20.6. The van der Waals surface area contributed by atoms with E-state index >= 15 is 0 Å². The van der Waals surface area contributed by atoms with Gasteiger partial charge in [0.05, 0.1) is 19.0 Å². The Morgan fingerprint density at radius 1 is 1.00 bits per heavy atom. The first-order valence-corrected chi connectivity index (χ1v) is 12.0. The zero-order chi connectivity index (χ0) is 24.8. The molecule has 3 atom stereocenters. The van der Waals surface area contributed by atoms with E-state index in [2.05, 4.69) is 39.1 Å². The van der Waals surface area contributed by atoms with E-state index in [9.17, 15) is 10.3 Å². The molecule has 0 aliphatic carbocycles. The third-order valence-electron chi connectivity index (χ3n) is 7.81. The van der Waals surface area contributed by atoms with E-state index in [-0.39, 0.29) is 22.9 Å². The van der Waals surface area contributed by atoms with Crippen molar-refractivity contribution in [3.05, 3.63) is 42.6 Å². The molecule has 184 valence electrons. The molecule has 1 unspecified atom stereocenters. The molecule has 2 aliphatic rings. The zero-order valence-corrected chi connectivity index (χ0v) is 20.6. The second kappa shape index (κ2) is 8.73. The summed E-state index contributed by atoms with van der Waals surface area (Å²) in [5.74, 6) is 1.30. The number of fused-ring (bicyclic) bond motifs is 2. The lowest BCUT2D eigenvalue weighted by Gasteiger charge is -2.59. The fourth-order valence-electron chi connectivity index (χ4n) is 5.83. The van der Waals surface area contributed by atoms with E-state index in [0.717, 1.165) is 49.0 Å². The van der Waals surface area contributed by atoms with Crippen molar-refractivity contribution in [3.8, 4) is 34.0 Å². The van der Waals surface area contributed by atoms with Crippen LogP contribution in [0.3, 0.4) is 0 Å². The molecule has 2 saturated heterocycles. The van der Waals surface area contributed by atoms with Crippen LogP contribution in [0.4, 0.5) is 5.82 Å². The molecule has 2 aromatic heterocycles. The maximum Gasteiger partial charge on any atom is 0.233 e. The van der Waals surface area contributed by atoms with Gasteiger partial charge in [0, 0.05) is 41.4 Å². The van der Waals surface area contributed by atoms with Gasteiger partial charge >= 0.3 is 0 Å². The summed E-state index contributed by atoms with van der Waals surface area (Å²) in [5, 5.41) is 39.9. The van der Waals surface area contributed by atoms with Gasteiger partial charge in [0.2, 0.25) is 5.88 Å². The van der Waals surface area contributed by atoms with Crippen LogP contribution in [-0.4, -0.2) is 67.0 Å². The average molecular weight is 477 g/mol. The van der Waals surface area contributed by atoms with Crippen LogP contribution in [0.5, 0.6) is 11.6 Å². The Kier molecular flexibility index (Phi) is 5.85. The summed E-state index contributed by atoms with van der Waals surface area (Å²) in [4.78, 5) is 2.18. The molecule has 4 heterocycles. The number of anilines is 1. The molecule has 9 nitrogen and oxygen atoms in total. The number of piperidine rings is 2. The van der Waals surface area contributed by atoms with Gasteiger partial charge in [0.25, 0.3) is 0 Å². The smallest absolute Gasteiger partial charge is 0.233 e. The molecular formula is C26H32N6O3. The van der Waals surface area contributed by atoms with Gasteiger partial charge in [-0.05, 0) is 75.8 Å². The van der Waals surface area contributed by atoms with Gasteiger partial charge in [-0.25, -0.2) is 0 Å². The van der Waals surface area contributed by atoms with E-state index in [4.69, 9.17) is 4.74 Å². The normalized spacial score (nSPS) is 26.4. The largest absolute Gasteiger partial charge is 0.507 e. The summed E-state index contributed by atoms with van der Waals surface area (Å²) >= 11 is 0. The minimum atomic E-state index is -0.223. The van der Waals surface area contributed by atoms with Gasteiger partial charge in [0.1, 0.15) is 5.75 Å².